The smallest absolute Gasteiger partial charge is 0.134 e. The largest absolute Gasteiger partial charge is 0.464 e. The Morgan fingerprint density at radius 1 is 1.10 bits per heavy atom. The van der Waals surface area contributed by atoms with Gasteiger partial charge in [-0.25, -0.2) is 0 Å². The lowest BCUT2D eigenvalue weighted by Crippen LogP contribution is -2.22. The number of hydrogen-bond acceptors (Lipinski definition) is 2. The van der Waals surface area contributed by atoms with E-state index in [2.05, 4.69) is 71.2 Å². The molecule has 0 aliphatic carbocycles. The van der Waals surface area contributed by atoms with Crippen molar-refractivity contribution in [2.24, 2.45) is 0 Å². The van der Waals surface area contributed by atoms with E-state index in [4.69, 9.17) is 4.42 Å². The van der Waals surface area contributed by atoms with E-state index in [0.717, 1.165) is 18.5 Å². The molecule has 1 unspecified atom stereocenters. The highest BCUT2D eigenvalue weighted by Gasteiger charge is 2.16. The second kappa shape index (κ2) is 6.62. The van der Waals surface area contributed by atoms with Crippen molar-refractivity contribution in [2.45, 2.75) is 19.4 Å². The summed E-state index contributed by atoms with van der Waals surface area (Å²) in [5.74, 6) is 0. The molecule has 1 aromatic heterocycles. The van der Waals surface area contributed by atoms with Gasteiger partial charge in [-0.1, -0.05) is 37.3 Å². The van der Waals surface area contributed by atoms with Crippen LogP contribution < -0.4 is 5.32 Å². The fourth-order valence-corrected chi connectivity index (χ4v) is 3.02. The number of hydrogen-bond donors (Lipinski definition) is 1. The molecule has 0 bridgehead atoms. The maximum absolute atomic E-state index is 5.69. The van der Waals surface area contributed by atoms with Gasteiger partial charge < -0.3 is 9.73 Å². The quantitative estimate of drug-likeness (QED) is 0.624. The van der Waals surface area contributed by atoms with Crippen LogP contribution >= 0.6 is 22.6 Å². The molecule has 108 valence electrons. The zero-order valence-electron chi connectivity index (χ0n) is 12.0. The zero-order valence-corrected chi connectivity index (χ0v) is 14.1. The van der Waals surface area contributed by atoms with Crippen molar-refractivity contribution >= 4 is 33.6 Å². The van der Waals surface area contributed by atoms with E-state index < -0.39 is 0 Å². The monoisotopic (exact) mass is 391 g/mol. The summed E-state index contributed by atoms with van der Waals surface area (Å²) >= 11 is 2.34. The SMILES string of the molecule is CCNC(Cc1ccc(I)cc1)c1coc2ccccc12. The summed E-state index contributed by atoms with van der Waals surface area (Å²) in [6, 6.07) is 17.2. The van der Waals surface area contributed by atoms with E-state index in [1.54, 1.807) is 0 Å². The molecule has 0 radical (unpaired) electrons. The molecule has 0 amide bonds. The molecule has 3 heteroatoms. The van der Waals surface area contributed by atoms with Crippen molar-refractivity contribution in [1.82, 2.24) is 5.32 Å². The summed E-state index contributed by atoms with van der Waals surface area (Å²) in [6.45, 7) is 3.08. The minimum Gasteiger partial charge on any atom is -0.464 e. The molecule has 0 aliphatic heterocycles. The summed E-state index contributed by atoms with van der Waals surface area (Å²) in [7, 11) is 0. The molecule has 3 rings (SSSR count). The van der Waals surface area contributed by atoms with Gasteiger partial charge in [-0.05, 0) is 59.3 Å². The third-order valence-corrected chi connectivity index (χ3v) is 4.41. The third-order valence-electron chi connectivity index (χ3n) is 3.69. The Labute approximate surface area is 138 Å². The minimum absolute atomic E-state index is 0.277. The number of fused-ring (bicyclic) bond motifs is 1. The fourth-order valence-electron chi connectivity index (χ4n) is 2.66. The lowest BCUT2D eigenvalue weighted by Gasteiger charge is -2.17. The highest BCUT2D eigenvalue weighted by molar-refractivity contribution is 14.1. The summed E-state index contributed by atoms with van der Waals surface area (Å²) in [4.78, 5) is 0. The summed E-state index contributed by atoms with van der Waals surface area (Å²) < 4.78 is 6.96. The fraction of sp³-hybridized carbons (Fsp3) is 0.222. The van der Waals surface area contributed by atoms with E-state index in [9.17, 15) is 0 Å². The van der Waals surface area contributed by atoms with Gasteiger partial charge >= 0.3 is 0 Å². The number of nitrogens with one attached hydrogen (secondary N) is 1. The molecule has 2 nitrogen and oxygen atoms in total. The van der Waals surface area contributed by atoms with Crippen LogP contribution in [0, 0.1) is 3.57 Å². The molecule has 1 atom stereocenters. The molecular weight excluding hydrogens is 373 g/mol. The van der Waals surface area contributed by atoms with Gasteiger partial charge in [0.2, 0.25) is 0 Å². The van der Waals surface area contributed by atoms with E-state index in [1.807, 2.05) is 18.4 Å². The van der Waals surface area contributed by atoms with Crippen LogP contribution in [0.15, 0.2) is 59.2 Å². The van der Waals surface area contributed by atoms with Gasteiger partial charge in [0.15, 0.2) is 0 Å². The molecule has 0 fully saturated rings. The number of para-hydroxylation sites is 1. The van der Waals surface area contributed by atoms with Gasteiger partial charge in [0.05, 0.1) is 6.26 Å². The third kappa shape index (κ3) is 3.30. The van der Waals surface area contributed by atoms with E-state index in [-0.39, 0.29) is 6.04 Å². The van der Waals surface area contributed by atoms with Gasteiger partial charge in [-0.15, -0.1) is 0 Å². The number of furan rings is 1. The minimum atomic E-state index is 0.277. The number of halogens is 1. The Balaban J connectivity index is 1.92. The molecule has 1 N–H and O–H groups in total. The van der Waals surface area contributed by atoms with Crippen molar-refractivity contribution in [2.75, 3.05) is 6.54 Å². The van der Waals surface area contributed by atoms with Crippen LogP contribution in [0.5, 0.6) is 0 Å². The molecule has 0 saturated heterocycles. The summed E-state index contributed by atoms with van der Waals surface area (Å²) in [5, 5.41) is 4.78. The Kier molecular flexibility index (Phi) is 4.60. The van der Waals surface area contributed by atoms with Gasteiger partial charge in [0, 0.05) is 20.6 Å². The number of benzene rings is 2. The van der Waals surface area contributed by atoms with Gasteiger partial charge in [0.1, 0.15) is 5.58 Å². The number of rotatable bonds is 5. The summed E-state index contributed by atoms with van der Waals surface area (Å²) in [5.41, 5.74) is 3.54. The molecule has 3 aromatic rings. The summed E-state index contributed by atoms with van der Waals surface area (Å²) in [6.07, 6.45) is 2.86. The van der Waals surface area contributed by atoms with Crippen LogP contribution in [0.2, 0.25) is 0 Å². The normalized spacial score (nSPS) is 12.7. The average Bonchev–Trinajstić information content (AvgIpc) is 2.93. The van der Waals surface area contributed by atoms with Gasteiger partial charge in [0.25, 0.3) is 0 Å². The van der Waals surface area contributed by atoms with Crippen molar-refractivity contribution in [3.8, 4) is 0 Å². The Hall–Kier alpha value is -1.33. The topological polar surface area (TPSA) is 25.2 Å². The van der Waals surface area contributed by atoms with Crippen LogP contribution in [0.25, 0.3) is 11.0 Å². The molecule has 0 aliphatic rings. The van der Waals surface area contributed by atoms with Gasteiger partial charge in [-0.3, -0.25) is 0 Å². The van der Waals surface area contributed by atoms with Crippen molar-refractivity contribution in [3.63, 3.8) is 0 Å². The van der Waals surface area contributed by atoms with Gasteiger partial charge in [-0.2, -0.15) is 0 Å². The second-order valence-electron chi connectivity index (χ2n) is 5.13. The molecular formula is C18H18INO. The van der Waals surface area contributed by atoms with Crippen molar-refractivity contribution < 1.29 is 4.42 Å². The molecule has 1 heterocycles. The molecule has 21 heavy (non-hydrogen) atoms. The van der Waals surface area contributed by atoms with Crippen molar-refractivity contribution in [1.29, 1.82) is 0 Å². The van der Waals surface area contributed by atoms with E-state index >= 15 is 0 Å². The van der Waals surface area contributed by atoms with Crippen LogP contribution in [0.3, 0.4) is 0 Å². The molecule has 2 aromatic carbocycles. The average molecular weight is 391 g/mol. The highest BCUT2D eigenvalue weighted by Crippen LogP contribution is 2.28. The first-order valence-electron chi connectivity index (χ1n) is 7.22. The molecule has 0 saturated carbocycles. The first-order chi connectivity index (χ1) is 10.3. The lowest BCUT2D eigenvalue weighted by atomic mass is 9.98. The van der Waals surface area contributed by atoms with Crippen LogP contribution in [0.4, 0.5) is 0 Å². The van der Waals surface area contributed by atoms with E-state index in [0.29, 0.717) is 0 Å². The Morgan fingerprint density at radius 3 is 2.62 bits per heavy atom. The lowest BCUT2D eigenvalue weighted by molar-refractivity contribution is 0.535. The maximum Gasteiger partial charge on any atom is 0.134 e. The first-order valence-corrected chi connectivity index (χ1v) is 8.29. The van der Waals surface area contributed by atoms with E-state index in [1.165, 1.54) is 20.1 Å². The Morgan fingerprint density at radius 2 is 1.86 bits per heavy atom. The number of likely N-dealkylation sites (N-methyl/N-ethyl adjacent to an activating group) is 1. The zero-order chi connectivity index (χ0) is 14.7. The molecule has 0 spiro atoms. The predicted octanol–water partition coefficient (Wildman–Crippen LogP) is 4.93. The van der Waals surface area contributed by atoms with Crippen molar-refractivity contribution in [3.05, 3.63) is 69.5 Å². The Bertz CT molecular complexity index is 717. The second-order valence-corrected chi connectivity index (χ2v) is 6.37. The predicted molar refractivity (Wildman–Crippen MR) is 95.5 cm³/mol. The first kappa shape index (κ1) is 14.6. The van der Waals surface area contributed by atoms with Crippen LogP contribution in [0.1, 0.15) is 24.1 Å². The standard InChI is InChI=1S/C18H18INO/c1-2-20-17(11-13-7-9-14(19)10-8-13)16-12-21-18-6-4-3-5-15(16)18/h3-10,12,17,20H,2,11H2,1H3. The van der Waals surface area contributed by atoms with Crippen LogP contribution in [-0.2, 0) is 6.42 Å². The highest BCUT2D eigenvalue weighted by atomic mass is 127. The van der Waals surface area contributed by atoms with Crippen LogP contribution in [-0.4, -0.2) is 6.54 Å². The maximum atomic E-state index is 5.69.